The Labute approximate surface area is 327 Å². The van der Waals surface area contributed by atoms with Gasteiger partial charge in [-0.2, -0.15) is 10.5 Å². The summed E-state index contributed by atoms with van der Waals surface area (Å²) in [7, 11) is 3.34. The summed E-state index contributed by atoms with van der Waals surface area (Å²) in [5.41, 5.74) is 12.3. The quantitative estimate of drug-likeness (QED) is 0.122. The Morgan fingerprint density at radius 1 is 0.446 bits per heavy atom. The Morgan fingerprint density at radius 2 is 0.839 bits per heavy atom. The molecule has 0 spiro atoms. The van der Waals surface area contributed by atoms with E-state index in [4.69, 9.17) is 9.47 Å². The zero-order valence-corrected chi connectivity index (χ0v) is 31.0. The Morgan fingerprint density at radius 3 is 1.20 bits per heavy atom. The summed E-state index contributed by atoms with van der Waals surface area (Å²) in [4.78, 5) is 0. The van der Waals surface area contributed by atoms with Crippen molar-refractivity contribution in [1.82, 2.24) is 0 Å². The van der Waals surface area contributed by atoms with Crippen LogP contribution in [-0.4, -0.2) is 14.2 Å². The van der Waals surface area contributed by atoms with Crippen LogP contribution in [0.2, 0.25) is 0 Å². The zero-order chi connectivity index (χ0) is 38.7. The number of anilines is 4. The van der Waals surface area contributed by atoms with Crippen molar-refractivity contribution in [3.63, 3.8) is 0 Å². The molecule has 0 fully saturated rings. The van der Waals surface area contributed by atoms with Crippen LogP contribution in [0.15, 0.2) is 158 Å². The van der Waals surface area contributed by atoms with Gasteiger partial charge in [0.2, 0.25) is 0 Å². The monoisotopic (exact) mass is 726 g/mol. The van der Waals surface area contributed by atoms with Crippen LogP contribution >= 0.6 is 0 Å². The maximum absolute atomic E-state index is 10.1. The lowest BCUT2D eigenvalue weighted by Crippen LogP contribution is -1.95. The first kappa shape index (κ1) is 36.6. The fourth-order valence-electron chi connectivity index (χ4n) is 6.37. The van der Waals surface area contributed by atoms with Gasteiger partial charge in [-0.25, -0.2) is 0 Å². The van der Waals surface area contributed by atoms with Crippen LogP contribution in [0.25, 0.3) is 46.6 Å². The van der Waals surface area contributed by atoms with E-state index < -0.39 is 0 Å². The number of rotatable bonds is 12. The maximum Gasteiger partial charge on any atom is 0.119 e. The summed E-state index contributed by atoms with van der Waals surface area (Å²) in [5.74, 6) is 1.58. The number of nitrogens with zero attached hydrogens (tertiary/aromatic N) is 2. The molecule has 6 nitrogen and oxygen atoms in total. The van der Waals surface area contributed by atoms with Gasteiger partial charge in [-0.05, 0) is 106 Å². The van der Waals surface area contributed by atoms with Crippen LogP contribution in [-0.2, 0) is 0 Å². The van der Waals surface area contributed by atoms with Crippen molar-refractivity contribution in [2.24, 2.45) is 0 Å². The molecule has 0 unspecified atom stereocenters. The largest absolute Gasteiger partial charge is 0.497 e. The minimum absolute atomic E-state index is 0.486. The lowest BCUT2D eigenvalue weighted by atomic mass is 9.97. The number of ether oxygens (including phenoxy) is 2. The average Bonchev–Trinajstić information content (AvgIpc) is 3.26. The summed E-state index contributed by atoms with van der Waals surface area (Å²) in [6, 6.07) is 56.6. The third-order valence-corrected chi connectivity index (χ3v) is 9.38. The van der Waals surface area contributed by atoms with Crippen molar-refractivity contribution in [1.29, 1.82) is 10.5 Å². The minimum atomic E-state index is 0.486. The predicted octanol–water partition coefficient (Wildman–Crippen LogP) is 12.6. The van der Waals surface area contributed by atoms with Gasteiger partial charge >= 0.3 is 0 Å². The Hall–Kier alpha value is -7.80. The van der Waals surface area contributed by atoms with Crippen LogP contribution in [0.4, 0.5) is 22.7 Å². The predicted molar refractivity (Wildman–Crippen MR) is 230 cm³/mol. The van der Waals surface area contributed by atoms with Crippen molar-refractivity contribution in [2.75, 3.05) is 24.9 Å². The highest BCUT2D eigenvalue weighted by Crippen LogP contribution is 2.35. The maximum atomic E-state index is 10.1. The number of hydrogen-bond acceptors (Lipinski definition) is 6. The molecule has 0 atom stereocenters. The molecule has 7 aromatic rings. The molecule has 0 bridgehead atoms. The Bertz CT molecular complexity index is 2420. The van der Waals surface area contributed by atoms with E-state index in [2.05, 4.69) is 47.0 Å². The second kappa shape index (κ2) is 17.4. The topological polar surface area (TPSA) is 90.1 Å². The summed E-state index contributed by atoms with van der Waals surface area (Å²) >= 11 is 0. The van der Waals surface area contributed by atoms with E-state index in [0.29, 0.717) is 22.3 Å². The van der Waals surface area contributed by atoms with Gasteiger partial charge in [0, 0.05) is 33.9 Å². The van der Waals surface area contributed by atoms with Crippen LogP contribution in [0, 0.1) is 22.7 Å². The molecule has 270 valence electrons. The molecule has 0 aliphatic rings. The number of hydrogen-bond donors (Lipinski definition) is 2. The summed E-state index contributed by atoms with van der Waals surface area (Å²) in [6.45, 7) is 0. The van der Waals surface area contributed by atoms with Crippen LogP contribution < -0.4 is 20.1 Å². The molecule has 0 aromatic heterocycles. The van der Waals surface area contributed by atoms with Gasteiger partial charge in [0.05, 0.1) is 37.5 Å². The first-order valence-electron chi connectivity index (χ1n) is 18.1. The summed E-state index contributed by atoms with van der Waals surface area (Å²) in [6.07, 6.45) is 7.65. The van der Waals surface area contributed by atoms with E-state index in [1.54, 1.807) is 26.4 Å². The molecule has 0 radical (unpaired) electrons. The van der Waals surface area contributed by atoms with E-state index in [1.807, 2.05) is 146 Å². The zero-order valence-electron chi connectivity index (χ0n) is 31.0. The second-order valence-electron chi connectivity index (χ2n) is 13.0. The van der Waals surface area contributed by atoms with Crippen LogP contribution in [0.5, 0.6) is 11.5 Å². The normalized spacial score (nSPS) is 10.9. The number of nitrogens with one attached hydrogen (secondary N) is 2. The minimum Gasteiger partial charge on any atom is -0.497 e. The van der Waals surface area contributed by atoms with Gasteiger partial charge in [-0.1, -0.05) is 109 Å². The first-order chi connectivity index (χ1) is 27.5. The molecule has 0 aliphatic heterocycles. The van der Waals surface area contributed by atoms with E-state index in [1.165, 1.54) is 0 Å². The molecule has 7 rings (SSSR count). The van der Waals surface area contributed by atoms with E-state index >= 15 is 0 Å². The molecule has 0 saturated heterocycles. The number of benzene rings is 7. The highest BCUT2D eigenvalue weighted by molar-refractivity contribution is 5.84. The van der Waals surface area contributed by atoms with Crippen LogP contribution in [0.3, 0.4) is 0 Å². The van der Waals surface area contributed by atoms with Crippen molar-refractivity contribution in [3.8, 4) is 45.9 Å². The molecule has 0 amide bonds. The smallest absolute Gasteiger partial charge is 0.119 e. The lowest BCUT2D eigenvalue weighted by Gasteiger charge is -2.14. The van der Waals surface area contributed by atoms with Crippen molar-refractivity contribution >= 4 is 47.1 Å². The van der Waals surface area contributed by atoms with Crippen LogP contribution in [0.1, 0.15) is 33.4 Å². The van der Waals surface area contributed by atoms with Crippen molar-refractivity contribution in [2.45, 2.75) is 0 Å². The molecule has 56 heavy (non-hydrogen) atoms. The standard InChI is InChI=1S/C50H38N4O2/c1-55-45-25-27-49(47(31-45)37-9-5-3-6-10-37)53-43-21-15-35(16-22-43)13-19-39-29-42(34-52)40(30-41(39)33-51)20-14-36-17-23-44(24-18-36)54-50-28-26-46(56-2)32-48(50)38-11-7-4-8-12-38/h3-32,53-54H,1-2H3/b19-13+,20-14+. The fourth-order valence-corrected chi connectivity index (χ4v) is 6.37. The molecule has 6 heteroatoms. The average molecular weight is 727 g/mol. The van der Waals surface area contributed by atoms with E-state index in [0.717, 1.165) is 67.6 Å². The number of methoxy groups -OCH3 is 2. The molecule has 0 aliphatic carbocycles. The Kier molecular flexibility index (Phi) is 11.3. The van der Waals surface area contributed by atoms with E-state index in [9.17, 15) is 10.5 Å². The highest BCUT2D eigenvalue weighted by atomic mass is 16.5. The fraction of sp³-hybridized carbons (Fsp3) is 0.0400. The van der Waals surface area contributed by atoms with Gasteiger partial charge < -0.3 is 20.1 Å². The molecule has 2 N–H and O–H groups in total. The van der Waals surface area contributed by atoms with Crippen molar-refractivity contribution < 1.29 is 9.47 Å². The molecule has 0 saturated carbocycles. The number of nitriles is 2. The summed E-state index contributed by atoms with van der Waals surface area (Å²) < 4.78 is 11.0. The Balaban J connectivity index is 1.04. The highest BCUT2D eigenvalue weighted by Gasteiger charge is 2.10. The molecular formula is C50H38N4O2. The van der Waals surface area contributed by atoms with E-state index in [-0.39, 0.29) is 0 Å². The third kappa shape index (κ3) is 8.69. The third-order valence-electron chi connectivity index (χ3n) is 9.38. The van der Waals surface area contributed by atoms with Gasteiger partial charge in [-0.15, -0.1) is 0 Å². The SMILES string of the molecule is COc1ccc(Nc2ccc(/C=C/c3cc(C#N)c(/C=C/c4ccc(Nc5ccc(OC)cc5-c5ccccc5)cc4)cc3C#N)cc2)c(-c2ccccc2)c1. The second-order valence-corrected chi connectivity index (χ2v) is 13.0. The van der Waals surface area contributed by atoms with Gasteiger partial charge in [0.25, 0.3) is 0 Å². The lowest BCUT2D eigenvalue weighted by molar-refractivity contribution is 0.415. The van der Waals surface area contributed by atoms with Crippen molar-refractivity contribution in [3.05, 3.63) is 191 Å². The van der Waals surface area contributed by atoms with Gasteiger partial charge in [0.1, 0.15) is 11.5 Å². The molecule has 0 heterocycles. The van der Waals surface area contributed by atoms with Gasteiger partial charge in [0.15, 0.2) is 0 Å². The molecule has 7 aromatic carbocycles. The molecular weight excluding hydrogens is 689 g/mol. The first-order valence-corrected chi connectivity index (χ1v) is 18.1. The summed E-state index contributed by atoms with van der Waals surface area (Å²) in [5, 5.41) is 27.2. The van der Waals surface area contributed by atoms with Gasteiger partial charge in [-0.3, -0.25) is 0 Å².